The number of benzene rings is 2. The second kappa shape index (κ2) is 7.65. The second-order valence-corrected chi connectivity index (χ2v) is 7.23. The van der Waals surface area contributed by atoms with E-state index in [1.807, 2.05) is 19.9 Å². The van der Waals surface area contributed by atoms with Gasteiger partial charge < -0.3 is 5.11 Å². The highest BCUT2D eigenvalue weighted by Crippen LogP contribution is 2.40. The normalized spacial score (nSPS) is 12.3. The van der Waals surface area contributed by atoms with Crippen molar-refractivity contribution < 1.29 is 14.3 Å². The Labute approximate surface area is 162 Å². The number of aliphatic carboxylic acids is 1. The largest absolute Gasteiger partial charge is 0.481 e. The first-order chi connectivity index (χ1) is 12.8. The van der Waals surface area contributed by atoms with Gasteiger partial charge in [0.1, 0.15) is 5.82 Å². The molecule has 0 fully saturated rings. The average molecular weight is 386 g/mol. The van der Waals surface area contributed by atoms with Crippen LogP contribution in [-0.2, 0) is 4.79 Å². The zero-order chi connectivity index (χ0) is 19.7. The first kappa shape index (κ1) is 19.3. The van der Waals surface area contributed by atoms with E-state index in [1.165, 1.54) is 6.07 Å². The molecule has 3 rings (SSSR count). The lowest BCUT2D eigenvalue weighted by Crippen LogP contribution is -2.15. The molecule has 0 aliphatic carbocycles. The fourth-order valence-corrected chi connectivity index (χ4v) is 3.71. The summed E-state index contributed by atoms with van der Waals surface area (Å²) >= 11 is 6.21. The first-order valence-corrected chi connectivity index (χ1v) is 9.30. The molecule has 0 aliphatic rings. The lowest BCUT2D eigenvalue weighted by molar-refractivity contribution is -0.139. The number of pyridine rings is 1. The van der Waals surface area contributed by atoms with Gasteiger partial charge in [0.15, 0.2) is 0 Å². The number of aromatic nitrogens is 1. The van der Waals surface area contributed by atoms with Crippen molar-refractivity contribution in [3.05, 3.63) is 64.1 Å². The van der Waals surface area contributed by atoms with Gasteiger partial charge in [-0.15, -0.1) is 0 Å². The molecule has 1 unspecified atom stereocenters. The number of nitrogens with zero attached hydrogens (tertiary/aromatic N) is 1. The number of carbonyl (C=O) groups is 1. The van der Waals surface area contributed by atoms with E-state index in [-0.39, 0.29) is 5.82 Å². The first-order valence-electron chi connectivity index (χ1n) is 8.92. The molecule has 0 spiro atoms. The molecule has 0 bridgehead atoms. The van der Waals surface area contributed by atoms with Crippen LogP contribution in [-0.4, -0.2) is 16.1 Å². The van der Waals surface area contributed by atoms with Crippen LogP contribution < -0.4 is 0 Å². The van der Waals surface area contributed by atoms with Crippen molar-refractivity contribution in [1.29, 1.82) is 0 Å². The summed E-state index contributed by atoms with van der Waals surface area (Å²) in [6.45, 7) is 5.45. The molecule has 0 radical (unpaired) electrons. The molecular weight excluding hydrogens is 365 g/mol. The lowest BCUT2D eigenvalue weighted by atomic mass is 9.84. The fourth-order valence-electron chi connectivity index (χ4n) is 3.54. The molecule has 3 nitrogen and oxygen atoms in total. The van der Waals surface area contributed by atoms with E-state index >= 15 is 0 Å². The molecule has 27 heavy (non-hydrogen) atoms. The van der Waals surface area contributed by atoms with Crippen LogP contribution in [0.5, 0.6) is 0 Å². The highest BCUT2D eigenvalue weighted by molar-refractivity contribution is 6.31. The monoisotopic (exact) mass is 385 g/mol. The zero-order valence-corrected chi connectivity index (χ0v) is 16.3. The van der Waals surface area contributed by atoms with E-state index in [0.717, 1.165) is 5.39 Å². The van der Waals surface area contributed by atoms with Gasteiger partial charge in [0.2, 0.25) is 0 Å². The van der Waals surface area contributed by atoms with Gasteiger partial charge in [-0.3, -0.25) is 9.78 Å². The minimum absolute atomic E-state index is 0.328. The Morgan fingerprint density at radius 3 is 2.59 bits per heavy atom. The number of carboxylic acids is 1. The summed E-state index contributed by atoms with van der Waals surface area (Å²) in [5, 5.41) is 11.1. The van der Waals surface area contributed by atoms with Crippen molar-refractivity contribution >= 4 is 28.5 Å². The molecule has 1 atom stereocenters. The third-order valence-corrected chi connectivity index (χ3v) is 5.09. The van der Waals surface area contributed by atoms with Gasteiger partial charge in [-0.05, 0) is 66.8 Å². The Balaban J connectivity index is 2.44. The number of rotatable bonds is 5. The van der Waals surface area contributed by atoms with Crippen molar-refractivity contribution in [2.45, 2.75) is 39.5 Å². The Kier molecular flexibility index (Phi) is 5.47. The van der Waals surface area contributed by atoms with Crippen LogP contribution in [0, 0.1) is 19.7 Å². The van der Waals surface area contributed by atoms with Gasteiger partial charge in [-0.25, -0.2) is 4.39 Å². The minimum Gasteiger partial charge on any atom is -0.481 e. The van der Waals surface area contributed by atoms with E-state index in [0.29, 0.717) is 51.3 Å². The zero-order valence-electron chi connectivity index (χ0n) is 15.5. The molecule has 1 aromatic heterocycles. The predicted octanol–water partition coefficient (Wildman–Crippen LogP) is 6.28. The summed E-state index contributed by atoms with van der Waals surface area (Å²) in [4.78, 5) is 16.6. The molecular formula is C22H21ClFNO2. The summed E-state index contributed by atoms with van der Waals surface area (Å²) in [6, 6.07) is 10.3. The summed E-state index contributed by atoms with van der Waals surface area (Å²) in [6.07, 6.45) is 1.19. The van der Waals surface area contributed by atoms with E-state index in [9.17, 15) is 14.3 Å². The van der Waals surface area contributed by atoms with Gasteiger partial charge in [0.05, 0.1) is 11.4 Å². The summed E-state index contributed by atoms with van der Waals surface area (Å²) in [5.41, 5.74) is 3.84. The molecule has 1 heterocycles. The second-order valence-electron chi connectivity index (χ2n) is 6.79. The van der Waals surface area contributed by atoms with Gasteiger partial charge in [-0.2, -0.15) is 0 Å². The summed E-state index contributed by atoms with van der Waals surface area (Å²) < 4.78 is 14.3. The van der Waals surface area contributed by atoms with E-state index in [2.05, 4.69) is 4.98 Å². The number of halogens is 2. The van der Waals surface area contributed by atoms with Crippen molar-refractivity contribution in [2.24, 2.45) is 0 Å². The number of fused-ring (bicyclic) bond motifs is 1. The lowest BCUT2D eigenvalue weighted by Gasteiger charge is -2.21. The third kappa shape index (κ3) is 3.67. The van der Waals surface area contributed by atoms with Gasteiger partial charge >= 0.3 is 5.97 Å². The number of hydrogen-bond acceptors (Lipinski definition) is 2. The van der Waals surface area contributed by atoms with Gasteiger partial charge in [-0.1, -0.05) is 37.1 Å². The van der Waals surface area contributed by atoms with Crippen molar-refractivity contribution in [1.82, 2.24) is 4.98 Å². The Morgan fingerprint density at radius 1 is 1.22 bits per heavy atom. The molecule has 140 valence electrons. The van der Waals surface area contributed by atoms with Gasteiger partial charge in [0.25, 0.3) is 0 Å². The highest BCUT2D eigenvalue weighted by atomic mass is 35.5. The quantitative estimate of drug-likeness (QED) is 0.562. The van der Waals surface area contributed by atoms with Gasteiger partial charge in [0, 0.05) is 16.1 Å². The van der Waals surface area contributed by atoms with Crippen LogP contribution >= 0.6 is 11.6 Å². The fraction of sp³-hybridized carbons (Fsp3) is 0.273. The summed E-state index contributed by atoms with van der Waals surface area (Å²) in [5.74, 6) is -1.95. The Bertz CT molecular complexity index is 1030. The molecule has 0 amide bonds. The number of aryl methyl sites for hydroxylation is 2. The third-order valence-electron chi connectivity index (χ3n) is 4.86. The Morgan fingerprint density at radius 2 is 1.96 bits per heavy atom. The molecule has 2 aromatic carbocycles. The van der Waals surface area contributed by atoms with Crippen LogP contribution in [0.3, 0.4) is 0 Å². The maximum absolute atomic E-state index is 14.3. The van der Waals surface area contributed by atoms with Crippen LogP contribution in [0.4, 0.5) is 4.39 Å². The maximum Gasteiger partial charge on any atom is 0.311 e. The molecule has 0 saturated carbocycles. The molecule has 0 aliphatic heterocycles. The smallest absolute Gasteiger partial charge is 0.311 e. The van der Waals surface area contributed by atoms with E-state index in [4.69, 9.17) is 11.6 Å². The summed E-state index contributed by atoms with van der Waals surface area (Å²) in [7, 11) is 0. The highest BCUT2D eigenvalue weighted by Gasteiger charge is 2.27. The molecule has 3 aromatic rings. The van der Waals surface area contributed by atoms with Crippen LogP contribution in [0.15, 0.2) is 36.4 Å². The van der Waals surface area contributed by atoms with Crippen LogP contribution in [0.2, 0.25) is 5.02 Å². The van der Waals surface area contributed by atoms with E-state index in [1.54, 1.807) is 31.2 Å². The molecule has 5 heteroatoms. The van der Waals surface area contributed by atoms with Crippen LogP contribution in [0.1, 0.15) is 42.5 Å². The average Bonchev–Trinajstić information content (AvgIpc) is 2.61. The maximum atomic E-state index is 14.3. The Hall–Kier alpha value is -2.46. The number of carboxylic acid groups (broad SMARTS) is 1. The minimum atomic E-state index is -0.906. The number of hydrogen-bond donors (Lipinski definition) is 1. The predicted molar refractivity (Wildman–Crippen MR) is 107 cm³/mol. The molecule has 0 saturated heterocycles. The van der Waals surface area contributed by atoms with Crippen molar-refractivity contribution in [3.63, 3.8) is 0 Å². The van der Waals surface area contributed by atoms with Crippen molar-refractivity contribution in [3.8, 4) is 11.1 Å². The van der Waals surface area contributed by atoms with E-state index < -0.39 is 11.9 Å². The topological polar surface area (TPSA) is 50.2 Å². The van der Waals surface area contributed by atoms with Crippen molar-refractivity contribution in [2.75, 3.05) is 0 Å². The van der Waals surface area contributed by atoms with Crippen LogP contribution in [0.25, 0.3) is 22.0 Å². The molecule has 1 N–H and O–H groups in total. The SMILES string of the molecule is CCCC(C(=O)O)c1c(C)nc2ccc(Cl)cc2c1-c1ccc(C)c(F)c1. The standard InChI is InChI=1S/C22H21ClFNO2/c1-4-5-16(22(26)27)20-13(3)25-19-9-8-15(23)11-17(19)21(20)14-7-6-12(2)18(24)10-14/h6-11,16H,4-5H2,1-3H3,(H,26,27).